The molecule has 0 radical (unpaired) electrons. The van der Waals surface area contributed by atoms with Crippen molar-refractivity contribution in [3.05, 3.63) is 12.2 Å². The molecule has 0 aliphatic heterocycles. The fourth-order valence-electron chi connectivity index (χ4n) is 6.45. The van der Waals surface area contributed by atoms with Crippen molar-refractivity contribution in [1.29, 1.82) is 0 Å². The van der Waals surface area contributed by atoms with Crippen molar-refractivity contribution in [3.63, 3.8) is 0 Å². The lowest BCUT2D eigenvalue weighted by Gasteiger charge is -2.55. The Labute approximate surface area is 168 Å². The van der Waals surface area contributed by atoms with Gasteiger partial charge >= 0.3 is 0 Å². The van der Waals surface area contributed by atoms with E-state index in [2.05, 4.69) is 28.0 Å². The second kappa shape index (κ2) is 8.00. The zero-order chi connectivity index (χ0) is 19.7. The zero-order valence-electron chi connectivity index (χ0n) is 17.3. The predicted octanol–water partition coefficient (Wildman–Crippen LogP) is 3.80. The highest BCUT2D eigenvalue weighted by molar-refractivity contribution is 5.90. The van der Waals surface area contributed by atoms with Gasteiger partial charge in [0.1, 0.15) is 6.04 Å². The van der Waals surface area contributed by atoms with Crippen LogP contribution in [0.1, 0.15) is 71.6 Å². The number of hydrazone groups is 1. The molecule has 4 fully saturated rings. The molecule has 5 heteroatoms. The van der Waals surface area contributed by atoms with Crippen molar-refractivity contribution in [2.45, 2.75) is 77.7 Å². The number of rotatable bonds is 6. The smallest absolute Gasteiger partial charge is 0.262 e. The summed E-state index contributed by atoms with van der Waals surface area (Å²) >= 11 is 0. The minimum Gasteiger partial charge on any atom is -0.344 e. The second-order valence-electron chi connectivity index (χ2n) is 10.2. The van der Waals surface area contributed by atoms with Crippen LogP contribution in [0.4, 0.5) is 0 Å². The van der Waals surface area contributed by atoms with Crippen molar-refractivity contribution in [1.82, 2.24) is 10.7 Å². The third-order valence-electron chi connectivity index (χ3n) is 7.53. The number of carbonyl (C=O) groups is 2. The maximum Gasteiger partial charge on any atom is 0.262 e. The van der Waals surface area contributed by atoms with E-state index in [-0.39, 0.29) is 23.1 Å². The molecule has 0 unspecified atom stereocenters. The summed E-state index contributed by atoms with van der Waals surface area (Å²) in [5.74, 6) is 2.50. The van der Waals surface area contributed by atoms with E-state index in [1.54, 1.807) is 0 Å². The van der Waals surface area contributed by atoms with Crippen molar-refractivity contribution >= 4 is 18.0 Å². The average Bonchev–Trinajstić information content (AvgIpc) is 2.65. The minimum absolute atomic E-state index is 0.0330. The Balaban J connectivity index is 1.36. The highest BCUT2D eigenvalue weighted by atomic mass is 16.2. The van der Waals surface area contributed by atoms with Gasteiger partial charge in [0.2, 0.25) is 5.91 Å². The van der Waals surface area contributed by atoms with E-state index >= 15 is 0 Å². The molecule has 0 saturated heterocycles. The van der Waals surface area contributed by atoms with E-state index in [9.17, 15) is 9.59 Å². The Morgan fingerprint density at radius 2 is 1.71 bits per heavy atom. The quantitative estimate of drug-likeness (QED) is 0.415. The van der Waals surface area contributed by atoms with Gasteiger partial charge in [-0.3, -0.25) is 9.59 Å². The van der Waals surface area contributed by atoms with Crippen LogP contribution in [0.2, 0.25) is 0 Å². The summed E-state index contributed by atoms with van der Waals surface area (Å²) in [6.07, 6.45) is 16.3. The normalized spacial score (nSPS) is 37.4. The molecule has 0 heterocycles. The van der Waals surface area contributed by atoms with Crippen LogP contribution < -0.4 is 10.7 Å². The molecule has 2 amide bonds. The first-order valence-electron chi connectivity index (χ1n) is 11.2. The Morgan fingerprint density at radius 1 is 1.07 bits per heavy atom. The molecule has 4 bridgehead atoms. The lowest BCUT2D eigenvalue weighted by molar-refractivity contribution is -0.149. The van der Waals surface area contributed by atoms with Crippen molar-refractivity contribution in [2.75, 3.05) is 0 Å². The van der Waals surface area contributed by atoms with Crippen LogP contribution in [0.25, 0.3) is 0 Å². The first kappa shape index (κ1) is 19.7. The summed E-state index contributed by atoms with van der Waals surface area (Å²) in [5.41, 5.74) is 2.46. The number of amides is 2. The lowest BCUT2D eigenvalue weighted by Crippen LogP contribution is -2.58. The van der Waals surface area contributed by atoms with Gasteiger partial charge in [-0.2, -0.15) is 5.10 Å². The number of nitrogens with one attached hydrogen (secondary N) is 2. The maximum atomic E-state index is 13.3. The highest BCUT2D eigenvalue weighted by Crippen LogP contribution is 2.60. The Hall–Kier alpha value is -1.65. The molecule has 0 spiro atoms. The molecular formula is C23H35N3O2. The summed E-state index contributed by atoms with van der Waals surface area (Å²) in [4.78, 5) is 26.0. The zero-order valence-corrected chi connectivity index (χ0v) is 17.3. The molecule has 154 valence electrons. The van der Waals surface area contributed by atoms with E-state index in [0.717, 1.165) is 56.3 Å². The van der Waals surface area contributed by atoms with Gasteiger partial charge in [0, 0.05) is 11.6 Å². The number of allylic oxidation sites excluding steroid dienone is 2. The van der Waals surface area contributed by atoms with E-state index in [1.807, 2.05) is 20.1 Å². The number of carbonyl (C=O) groups excluding carboxylic acids is 2. The molecule has 5 aliphatic rings. The van der Waals surface area contributed by atoms with Crippen molar-refractivity contribution in [3.8, 4) is 0 Å². The molecule has 4 saturated carbocycles. The summed E-state index contributed by atoms with van der Waals surface area (Å²) in [6.45, 7) is 3.97. The molecule has 0 aromatic heterocycles. The third kappa shape index (κ3) is 4.04. The van der Waals surface area contributed by atoms with Crippen LogP contribution in [-0.2, 0) is 9.59 Å². The standard InChI is InChI=1S/C23H35N3O2/c1-15(2)20(21(27)26-24-14-16-6-4-3-5-7-16)25-22(28)23-11-17-8-18(12-23)10-19(9-17)13-23/h3-4,14-20H,5-13H2,1-2H3,(H,25,28)(H,26,27)/b24-14-/t16-,17?,18?,19?,20+,23?/m0/s1. The maximum absolute atomic E-state index is 13.3. The van der Waals surface area contributed by atoms with Gasteiger partial charge in [0.25, 0.3) is 5.91 Å². The van der Waals surface area contributed by atoms with Crippen LogP contribution in [-0.4, -0.2) is 24.1 Å². The van der Waals surface area contributed by atoms with E-state index in [0.29, 0.717) is 5.92 Å². The van der Waals surface area contributed by atoms with E-state index in [1.165, 1.54) is 19.3 Å². The predicted molar refractivity (Wildman–Crippen MR) is 110 cm³/mol. The first-order valence-corrected chi connectivity index (χ1v) is 11.2. The molecule has 2 atom stereocenters. The van der Waals surface area contributed by atoms with Crippen LogP contribution in [0, 0.1) is 35.0 Å². The number of nitrogens with zero attached hydrogens (tertiary/aromatic N) is 1. The fourth-order valence-corrected chi connectivity index (χ4v) is 6.45. The molecule has 5 aliphatic carbocycles. The average molecular weight is 386 g/mol. The molecule has 0 aromatic carbocycles. The van der Waals surface area contributed by atoms with Gasteiger partial charge in [-0.25, -0.2) is 5.43 Å². The molecule has 0 aromatic rings. The third-order valence-corrected chi connectivity index (χ3v) is 7.53. The topological polar surface area (TPSA) is 70.6 Å². The van der Waals surface area contributed by atoms with E-state index in [4.69, 9.17) is 0 Å². The first-order chi connectivity index (χ1) is 13.4. The van der Waals surface area contributed by atoms with Crippen LogP contribution >= 0.6 is 0 Å². The molecular weight excluding hydrogens is 350 g/mol. The van der Waals surface area contributed by atoms with Gasteiger partial charge in [-0.05, 0) is 87.4 Å². The number of hydrogen-bond donors (Lipinski definition) is 2. The minimum atomic E-state index is -0.524. The van der Waals surface area contributed by atoms with Gasteiger partial charge in [0.05, 0.1) is 0 Å². The molecule has 5 nitrogen and oxygen atoms in total. The SMILES string of the molecule is CC(C)[C@@H](NC(=O)C12CC3CC(CC(C3)C1)C2)C(=O)N/N=C\[C@H]1CC=CCC1. The molecule has 5 rings (SSSR count). The summed E-state index contributed by atoms with van der Waals surface area (Å²) in [7, 11) is 0. The fraction of sp³-hybridized carbons (Fsp3) is 0.783. The molecule has 28 heavy (non-hydrogen) atoms. The van der Waals surface area contributed by atoms with Crippen LogP contribution in [0.5, 0.6) is 0 Å². The monoisotopic (exact) mass is 385 g/mol. The number of hydrogen-bond acceptors (Lipinski definition) is 3. The van der Waals surface area contributed by atoms with Crippen LogP contribution in [0.3, 0.4) is 0 Å². The van der Waals surface area contributed by atoms with E-state index < -0.39 is 6.04 Å². The van der Waals surface area contributed by atoms with Crippen LogP contribution in [0.15, 0.2) is 17.3 Å². The van der Waals surface area contributed by atoms with Crippen molar-refractivity contribution in [2.24, 2.45) is 40.1 Å². The highest BCUT2D eigenvalue weighted by Gasteiger charge is 2.55. The van der Waals surface area contributed by atoms with Crippen molar-refractivity contribution < 1.29 is 9.59 Å². The Morgan fingerprint density at radius 3 is 2.25 bits per heavy atom. The Bertz CT molecular complexity index is 631. The lowest BCUT2D eigenvalue weighted by atomic mass is 9.49. The Kier molecular flexibility index (Phi) is 5.62. The van der Waals surface area contributed by atoms with Gasteiger partial charge < -0.3 is 5.32 Å². The summed E-state index contributed by atoms with van der Waals surface area (Å²) < 4.78 is 0. The van der Waals surface area contributed by atoms with Gasteiger partial charge in [0.15, 0.2) is 0 Å². The second-order valence-corrected chi connectivity index (χ2v) is 10.2. The van der Waals surface area contributed by atoms with Gasteiger partial charge in [-0.15, -0.1) is 0 Å². The summed E-state index contributed by atoms with van der Waals surface area (Å²) in [6, 6.07) is -0.524. The molecule has 2 N–H and O–H groups in total. The van der Waals surface area contributed by atoms with Gasteiger partial charge in [-0.1, -0.05) is 26.0 Å². The largest absolute Gasteiger partial charge is 0.344 e. The summed E-state index contributed by atoms with van der Waals surface area (Å²) in [5, 5.41) is 7.31.